The number of rotatable bonds is 1. The first-order valence-electron chi connectivity index (χ1n) is 3.91. The van der Waals surface area contributed by atoms with Crippen LogP contribution in [0.25, 0.3) is 0 Å². The van der Waals surface area contributed by atoms with Crippen molar-refractivity contribution < 1.29 is 0 Å². The van der Waals surface area contributed by atoms with Crippen LogP contribution in [0.15, 0.2) is 6.20 Å². The topological polar surface area (TPSA) is 25.8 Å². The second-order valence-electron chi connectivity index (χ2n) is 3.19. The fraction of sp³-hybridized carbons (Fsp3) is 0.556. The van der Waals surface area contributed by atoms with E-state index in [-0.39, 0.29) is 0 Å². The molecule has 11 heavy (non-hydrogen) atoms. The molecule has 2 heteroatoms. The first kappa shape index (κ1) is 8.18. The van der Waals surface area contributed by atoms with Crippen LogP contribution < -0.4 is 0 Å². The first-order chi connectivity index (χ1) is 5.13. The summed E-state index contributed by atoms with van der Waals surface area (Å²) in [4.78, 5) is 0. The van der Waals surface area contributed by atoms with Crippen LogP contribution in [0.2, 0.25) is 0 Å². The van der Waals surface area contributed by atoms with E-state index in [2.05, 4.69) is 37.9 Å². The van der Waals surface area contributed by atoms with Gasteiger partial charge in [-0.15, -0.1) is 0 Å². The summed E-state index contributed by atoms with van der Waals surface area (Å²) >= 11 is 0. The highest BCUT2D eigenvalue weighted by Gasteiger charge is 2.06. The average molecular weight is 150 g/mol. The highest BCUT2D eigenvalue weighted by atomic mass is 15.1. The predicted octanol–water partition coefficient (Wildman–Crippen LogP) is 2.22. The monoisotopic (exact) mass is 150 g/mol. The predicted molar refractivity (Wildman–Crippen MR) is 45.6 cm³/mol. The Kier molecular flexibility index (Phi) is 2.22. The molecule has 60 valence electrons. The lowest BCUT2D eigenvalue weighted by Crippen LogP contribution is -2.00. The van der Waals surface area contributed by atoms with Crippen LogP contribution in [0.5, 0.6) is 0 Å². The summed E-state index contributed by atoms with van der Waals surface area (Å²) < 4.78 is 0. The van der Waals surface area contributed by atoms with Crippen molar-refractivity contribution in [2.75, 3.05) is 0 Å². The Morgan fingerprint density at radius 3 is 2.36 bits per heavy atom. The molecule has 2 nitrogen and oxygen atoms in total. The Morgan fingerprint density at radius 2 is 1.91 bits per heavy atom. The van der Waals surface area contributed by atoms with E-state index >= 15 is 0 Å². The molecule has 0 radical (unpaired) electrons. The quantitative estimate of drug-likeness (QED) is 0.613. The number of nitrogens with zero attached hydrogens (tertiary/aromatic N) is 2. The van der Waals surface area contributed by atoms with Crippen molar-refractivity contribution in [2.24, 2.45) is 0 Å². The second-order valence-corrected chi connectivity index (χ2v) is 3.19. The molecule has 0 amide bonds. The van der Waals surface area contributed by atoms with Gasteiger partial charge >= 0.3 is 0 Å². The third-order valence-corrected chi connectivity index (χ3v) is 1.94. The number of aromatic nitrogens is 2. The van der Waals surface area contributed by atoms with Crippen molar-refractivity contribution in [1.29, 1.82) is 0 Å². The second kappa shape index (κ2) is 2.99. The average Bonchev–Trinajstić information content (AvgIpc) is 1.94. The summed E-state index contributed by atoms with van der Waals surface area (Å²) in [5.41, 5.74) is 3.61. The third-order valence-electron chi connectivity index (χ3n) is 1.94. The SMILES string of the molecule is Cc1cnnc(C(C)C)c1C. The van der Waals surface area contributed by atoms with Gasteiger partial charge in [0.15, 0.2) is 0 Å². The number of hydrogen-bond acceptors (Lipinski definition) is 2. The minimum Gasteiger partial charge on any atom is -0.159 e. The fourth-order valence-corrected chi connectivity index (χ4v) is 1.10. The van der Waals surface area contributed by atoms with Gasteiger partial charge in [0, 0.05) is 0 Å². The minimum atomic E-state index is 0.474. The lowest BCUT2D eigenvalue weighted by Gasteiger charge is -2.08. The third kappa shape index (κ3) is 1.56. The van der Waals surface area contributed by atoms with E-state index in [9.17, 15) is 0 Å². The molecule has 0 aromatic carbocycles. The van der Waals surface area contributed by atoms with E-state index in [1.165, 1.54) is 11.1 Å². The van der Waals surface area contributed by atoms with Crippen LogP contribution in [0.1, 0.15) is 36.6 Å². The summed E-state index contributed by atoms with van der Waals surface area (Å²) in [5, 5.41) is 8.00. The molecule has 1 heterocycles. The maximum absolute atomic E-state index is 4.09. The molecule has 0 saturated carbocycles. The largest absolute Gasteiger partial charge is 0.159 e. The molecule has 0 fully saturated rings. The van der Waals surface area contributed by atoms with Crippen LogP contribution in [-0.4, -0.2) is 10.2 Å². The van der Waals surface area contributed by atoms with Crippen LogP contribution >= 0.6 is 0 Å². The first-order valence-corrected chi connectivity index (χ1v) is 3.91. The van der Waals surface area contributed by atoms with Crippen LogP contribution in [0.4, 0.5) is 0 Å². The molecule has 1 aromatic rings. The fourth-order valence-electron chi connectivity index (χ4n) is 1.10. The summed E-state index contributed by atoms with van der Waals surface area (Å²) in [5.74, 6) is 0.474. The van der Waals surface area contributed by atoms with E-state index in [0.717, 1.165) is 5.69 Å². The van der Waals surface area contributed by atoms with Gasteiger partial charge in [0.2, 0.25) is 0 Å². The Hall–Kier alpha value is -0.920. The van der Waals surface area contributed by atoms with E-state index < -0.39 is 0 Å². The smallest absolute Gasteiger partial charge is 0.0688 e. The highest BCUT2D eigenvalue weighted by Crippen LogP contribution is 2.16. The van der Waals surface area contributed by atoms with Crippen LogP contribution in [-0.2, 0) is 0 Å². The molecule has 0 aliphatic carbocycles. The van der Waals surface area contributed by atoms with Gasteiger partial charge in [-0.1, -0.05) is 13.8 Å². The zero-order valence-electron chi connectivity index (χ0n) is 7.55. The molecule has 0 bridgehead atoms. The molecule has 0 aliphatic rings. The molecule has 0 aliphatic heterocycles. The van der Waals surface area contributed by atoms with E-state index in [1.54, 1.807) is 6.20 Å². The van der Waals surface area contributed by atoms with E-state index in [1.807, 2.05) is 0 Å². The molecule has 0 spiro atoms. The molecular formula is C9H14N2. The van der Waals surface area contributed by atoms with Crippen molar-refractivity contribution in [3.8, 4) is 0 Å². The maximum atomic E-state index is 4.09. The number of hydrogen-bond donors (Lipinski definition) is 0. The minimum absolute atomic E-state index is 0.474. The molecule has 1 aromatic heterocycles. The summed E-state index contributed by atoms with van der Waals surface area (Å²) in [7, 11) is 0. The Bertz CT molecular complexity index is 254. The van der Waals surface area contributed by atoms with E-state index in [0.29, 0.717) is 5.92 Å². The van der Waals surface area contributed by atoms with Crippen molar-refractivity contribution >= 4 is 0 Å². The Morgan fingerprint density at radius 1 is 1.27 bits per heavy atom. The summed E-state index contributed by atoms with van der Waals surface area (Å²) in [6.07, 6.45) is 1.81. The zero-order chi connectivity index (χ0) is 8.43. The molecule has 0 saturated heterocycles. The van der Waals surface area contributed by atoms with Gasteiger partial charge in [-0.2, -0.15) is 10.2 Å². The zero-order valence-corrected chi connectivity index (χ0v) is 7.55. The van der Waals surface area contributed by atoms with E-state index in [4.69, 9.17) is 0 Å². The van der Waals surface area contributed by atoms with Crippen molar-refractivity contribution in [3.05, 3.63) is 23.0 Å². The Balaban J connectivity index is 3.17. The molecule has 0 N–H and O–H groups in total. The van der Waals surface area contributed by atoms with Crippen molar-refractivity contribution in [3.63, 3.8) is 0 Å². The molecular weight excluding hydrogens is 136 g/mol. The highest BCUT2D eigenvalue weighted by molar-refractivity contribution is 5.26. The lowest BCUT2D eigenvalue weighted by molar-refractivity contribution is 0.769. The van der Waals surface area contributed by atoms with Crippen LogP contribution in [0, 0.1) is 13.8 Å². The standard InChI is InChI=1S/C9H14N2/c1-6(2)9-8(4)7(3)5-10-11-9/h5-6H,1-4H3. The molecule has 0 atom stereocenters. The molecule has 0 unspecified atom stereocenters. The normalized spacial score (nSPS) is 10.6. The summed E-state index contributed by atoms with van der Waals surface area (Å²) in [6, 6.07) is 0. The van der Waals surface area contributed by atoms with Gasteiger partial charge in [0.1, 0.15) is 0 Å². The van der Waals surface area contributed by atoms with Gasteiger partial charge in [-0.3, -0.25) is 0 Å². The van der Waals surface area contributed by atoms with Crippen molar-refractivity contribution in [2.45, 2.75) is 33.6 Å². The summed E-state index contributed by atoms with van der Waals surface area (Å²) in [6.45, 7) is 8.43. The molecule has 1 rings (SSSR count). The van der Waals surface area contributed by atoms with Gasteiger partial charge < -0.3 is 0 Å². The number of aryl methyl sites for hydroxylation is 1. The van der Waals surface area contributed by atoms with Crippen LogP contribution in [0.3, 0.4) is 0 Å². The van der Waals surface area contributed by atoms with Gasteiger partial charge in [-0.25, -0.2) is 0 Å². The lowest BCUT2D eigenvalue weighted by atomic mass is 10.0. The van der Waals surface area contributed by atoms with Gasteiger partial charge in [-0.05, 0) is 30.9 Å². The maximum Gasteiger partial charge on any atom is 0.0688 e. The van der Waals surface area contributed by atoms with Crippen molar-refractivity contribution in [1.82, 2.24) is 10.2 Å². The van der Waals surface area contributed by atoms with Gasteiger partial charge in [0.25, 0.3) is 0 Å². The van der Waals surface area contributed by atoms with Gasteiger partial charge in [0.05, 0.1) is 11.9 Å². The Labute approximate surface area is 67.7 Å².